The van der Waals surface area contributed by atoms with Crippen molar-refractivity contribution in [3.63, 3.8) is 0 Å². The maximum Gasteiger partial charge on any atom is 0.235 e. The SMILES string of the molecule is CCCCC(CN)NC(=O)CS(=O)(=O)C(C)C.Cl. The lowest BCUT2D eigenvalue weighted by Gasteiger charge is -2.17. The van der Waals surface area contributed by atoms with Crippen LogP contribution in [0.2, 0.25) is 0 Å². The van der Waals surface area contributed by atoms with Gasteiger partial charge in [0.05, 0.1) is 5.25 Å². The fourth-order valence-electron chi connectivity index (χ4n) is 1.32. The quantitative estimate of drug-likeness (QED) is 0.696. The van der Waals surface area contributed by atoms with Crippen molar-refractivity contribution in [2.75, 3.05) is 12.3 Å². The van der Waals surface area contributed by atoms with Gasteiger partial charge < -0.3 is 11.1 Å². The second kappa shape index (κ2) is 9.58. The minimum Gasteiger partial charge on any atom is -0.351 e. The average molecular weight is 301 g/mol. The molecule has 1 amide bonds. The van der Waals surface area contributed by atoms with Gasteiger partial charge in [0.1, 0.15) is 5.75 Å². The Morgan fingerprint density at radius 3 is 2.28 bits per heavy atom. The van der Waals surface area contributed by atoms with E-state index < -0.39 is 26.7 Å². The fourth-order valence-corrected chi connectivity index (χ4v) is 2.10. The summed E-state index contributed by atoms with van der Waals surface area (Å²) in [6.07, 6.45) is 2.79. The molecule has 3 N–H and O–H groups in total. The summed E-state index contributed by atoms with van der Waals surface area (Å²) in [6.45, 7) is 5.53. The first-order chi connectivity index (χ1) is 7.83. The molecule has 18 heavy (non-hydrogen) atoms. The van der Waals surface area contributed by atoms with Crippen molar-refractivity contribution in [3.05, 3.63) is 0 Å². The number of carbonyl (C=O) groups excluding carboxylic acids is 1. The molecule has 0 saturated heterocycles. The van der Waals surface area contributed by atoms with Crippen LogP contribution in [0.5, 0.6) is 0 Å². The van der Waals surface area contributed by atoms with E-state index in [1.54, 1.807) is 13.8 Å². The molecule has 0 fully saturated rings. The average Bonchev–Trinajstić information content (AvgIpc) is 2.23. The topological polar surface area (TPSA) is 89.3 Å². The zero-order chi connectivity index (χ0) is 13.5. The first-order valence-electron chi connectivity index (χ1n) is 6.04. The molecule has 7 heteroatoms. The van der Waals surface area contributed by atoms with Crippen molar-refractivity contribution in [1.82, 2.24) is 5.32 Å². The van der Waals surface area contributed by atoms with E-state index >= 15 is 0 Å². The zero-order valence-corrected chi connectivity index (χ0v) is 12.9. The highest BCUT2D eigenvalue weighted by Gasteiger charge is 2.21. The van der Waals surface area contributed by atoms with E-state index in [4.69, 9.17) is 5.73 Å². The Kier molecular flexibility index (Phi) is 10.6. The van der Waals surface area contributed by atoms with E-state index in [1.807, 2.05) is 0 Å². The molecular weight excluding hydrogens is 276 g/mol. The van der Waals surface area contributed by atoms with Gasteiger partial charge >= 0.3 is 0 Å². The van der Waals surface area contributed by atoms with E-state index in [1.165, 1.54) is 0 Å². The predicted molar refractivity (Wildman–Crippen MR) is 76.7 cm³/mol. The number of hydrogen-bond donors (Lipinski definition) is 2. The van der Waals surface area contributed by atoms with Crippen LogP contribution in [-0.4, -0.2) is 37.9 Å². The van der Waals surface area contributed by atoms with Crippen molar-refractivity contribution in [2.45, 2.75) is 51.3 Å². The van der Waals surface area contributed by atoms with Crippen LogP contribution in [0.25, 0.3) is 0 Å². The summed E-state index contributed by atoms with van der Waals surface area (Å²) in [5, 5.41) is 2.14. The summed E-state index contributed by atoms with van der Waals surface area (Å²) in [5.74, 6) is -0.905. The maximum atomic E-state index is 11.5. The number of sulfone groups is 1. The molecule has 0 rings (SSSR count). The maximum absolute atomic E-state index is 11.5. The van der Waals surface area contributed by atoms with E-state index in [0.29, 0.717) is 6.54 Å². The highest BCUT2D eigenvalue weighted by molar-refractivity contribution is 7.92. The van der Waals surface area contributed by atoms with Crippen LogP contribution in [0.15, 0.2) is 0 Å². The number of nitrogens with one attached hydrogen (secondary N) is 1. The van der Waals surface area contributed by atoms with Gasteiger partial charge in [-0.25, -0.2) is 8.42 Å². The van der Waals surface area contributed by atoms with Crippen LogP contribution in [0.4, 0.5) is 0 Å². The summed E-state index contributed by atoms with van der Waals surface area (Å²) in [7, 11) is -3.32. The van der Waals surface area contributed by atoms with Crippen molar-refractivity contribution < 1.29 is 13.2 Å². The molecule has 0 aliphatic heterocycles. The number of halogens is 1. The first-order valence-corrected chi connectivity index (χ1v) is 7.76. The fraction of sp³-hybridized carbons (Fsp3) is 0.909. The zero-order valence-electron chi connectivity index (χ0n) is 11.3. The first kappa shape index (κ1) is 20.0. The molecule has 0 spiro atoms. The van der Waals surface area contributed by atoms with Crippen LogP contribution >= 0.6 is 12.4 Å². The van der Waals surface area contributed by atoms with Crippen LogP contribution in [0.3, 0.4) is 0 Å². The van der Waals surface area contributed by atoms with Gasteiger partial charge in [0.25, 0.3) is 0 Å². The molecule has 0 aliphatic rings. The lowest BCUT2D eigenvalue weighted by molar-refractivity contribution is -0.119. The molecular formula is C11H25ClN2O3S. The highest BCUT2D eigenvalue weighted by atomic mass is 35.5. The molecule has 0 aromatic carbocycles. The second-order valence-corrected chi connectivity index (χ2v) is 7.06. The molecule has 1 unspecified atom stereocenters. The highest BCUT2D eigenvalue weighted by Crippen LogP contribution is 2.02. The standard InChI is InChI=1S/C11H24N2O3S.ClH/c1-4-5-6-10(7-12)13-11(14)8-17(15,16)9(2)3;/h9-10H,4-8,12H2,1-3H3,(H,13,14);1H. The number of unbranched alkanes of at least 4 members (excludes halogenated alkanes) is 1. The second-order valence-electron chi connectivity index (χ2n) is 4.50. The molecule has 0 aromatic heterocycles. The molecule has 0 aliphatic carbocycles. The van der Waals surface area contributed by atoms with Crippen molar-refractivity contribution >= 4 is 28.2 Å². The Morgan fingerprint density at radius 2 is 1.89 bits per heavy atom. The van der Waals surface area contributed by atoms with E-state index in [2.05, 4.69) is 12.2 Å². The van der Waals surface area contributed by atoms with Gasteiger partial charge in [0, 0.05) is 12.6 Å². The summed E-state index contributed by atoms with van der Waals surface area (Å²) in [6, 6.07) is -0.121. The predicted octanol–water partition coefficient (Wildman–Crippen LogP) is 0.865. The van der Waals surface area contributed by atoms with Crippen molar-refractivity contribution in [1.29, 1.82) is 0 Å². The van der Waals surface area contributed by atoms with Crippen molar-refractivity contribution in [2.24, 2.45) is 5.73 Å². The van der Waals surface area contributed by atoms with Gasteiger partial charge in [0.2, 0.25) is 5.91 Å². The number of hydrogen-bond acceptors (Lipinski definition) is 4. The Balaban J connectivity index is 0. The lowest BCUT2D eigenvalue weighted by Crippen LogP contribution is -2.43. The third-order valence-corrected chi connectivity index (χ3v) is 4.71. The third kappa shape index (κ3) is 7.89. The minimum absolute atomic E-state index is 0. The molecule has 1 atom stereocenters. The molecule has 0 bridgehead atoms. The van der Waals surface area contributed by atoms with Crippen LogP contribution in [-0.2, 0) is 14.6 Å². The number of carbonyl (C=O) groups is 1. The van der Waals surface area contributed by atoms with E-state index in [0.717, 1.165) is 19.3 Å². The Labute approximate surface area is 116 Å². The monoisotopic (exact) mass is 300 g/mol. The number of amides is 1. The largest absolute Gasteiger partial charge is 0.351 e. The molecule has 0 heterocycles. The van der Waals surface area contributed by atoms with Gasteiger partial charge in [-0.1, -0.05) is 19.8 Å². The van der Waals surface area contributed by atoms with Crippen LogP contribution < -0.4 is 11.1 Å². The van der Waals surface area contributed by atoms with Gasteiger partial charge in [-0.15, -0.1) is 12.4 Å². The van der Waals surface area contributed by atoms with Gasteiger partial charge in [0.15, 0.2) is 9.84 Å². The summed E-state index contributed by atoms with van der Waals surface area (Å²) in [5.41, 5.74) is 5.52. The van der Waals surface area contributed by atoms with Gasteiger partial charge in [-0.3, -0.25) is 4.79 Å². The van der Waals surface area contributed by atoms with Crippen LogP contribution in [0, 0.1) is 0 Å². The summed E-state index contributed by atoms with van der Waals surface area (Å²) < 4.78 is 23.1. The number of nitrogens with two attached hydrogens (primary N) is 1. The summed E-state index contributed by atoms with van der Waals surface area (Å²) in [4.78, 5) is 11.5. The summed E-state index contributed by atoms with van der Waals surface area (Å²) >= 11 is 0. The Bertz CT molecular complexity index is 331. The third-order valence-electron chi connectivity index (χ3n) is 2.61. The molecule has 0 saturated carbocycles. The smallest absolute Gasteiger partial charge is 0.235 e. The lowest BCUT2D eigenvalue weighted by atomic mass is 10.1. The minimum atomic E-state index is -3.32. The van der Waals surface area contributed by atoms with Crippen LogP contribution in [0.1, 0.15) is 40.0 Å². The Morgan fingerprint density at radius 1 is 1.33 bits per heavy atom. The van der Waals surface area contributed by atoms with Crippen molar-refractivity contribution in [3.8, 4) is 0 Å². The molecule has 0 aromatic rings. The molecule has 5 nitrogen and oxygen atoms in total. The number of rotatable bonds is 8. The Hall–Kier alpha value is -0.330. The molecule has 0 radical (unpaired) electrons. The van der Waals surface area contributed by atoms with Gasteiger partial charge in [-0.2, -0.15) is 0 Å². The van der Waals surface area contributed by atoms with E-state index in [9.17, 15) is 13.2 Å². The van der Waals surface area contributed by atoms with E-state index in [-0.39, 0.29) is 18.4 Å². The normalized spacial score (nSPS) is 12.9. The van der Waals surface area contributed by atoms with Gasteiger partial charge in [-0.05, 0) is 20.3 Å². The molecule has 110 valence electrons.